The van der Waals surface area contributed by atoms with Crippen LogP contribution in [0.25, 0.3) is 0 Å². The third-order valence-electron chi connectivity index (χ3n) is 3.27. The Balaban J connectivity index is 2.71. The van der Waals surface area contributed by atoms with Gasteiger partial charge in [0.15, 0.2) is 0 Å². The number of aliphatic hydroxyl groups excluding tert-OH is 1. The van der Waals surface area contributed by atoms with E-state index in [9.17, 15) is 4.79 Å². The summed E-state index contributed by atoms with van der Waals surface area (Å²) >= 11 is 0. The van der Waals surface area contributed by atoms with Gasteiger partial charge >= 0.3 is 0 Å². The molecule has 1 aliphatic rings. The maximum atomic E-state index is 12.2. The fourth-order valence-corrected chi connectivity index (χ4v) is 2.01. The van der Waals surface area contributed by atoms with Gasteiger partial charge in [0.25, 0.3) is 0 Å². The number of carbonyl (C=O) groups excluding carboxylic acids is 1. The molecule has 0 aromatic carbocycles. The summed E-state index contributed by atoms with van der Waals surface area (Å²) in [5.74, 6) is -0.0512. The fraction of sp³-hybridized carbons (Fsp3) is 0.833. The fourth-order valence-electron chi connectivity index (χ4n) is 2.01. The minimum absolute atomic E-state index is 0.0512. The molecule has 0 aromatic rings. The Kier molecular flexibility index (Phi) is 4.31. The second-order valence-corrected chi connectivity index (χ2v) is 4.72. The van der Waals surface area contributed by atoms with E-state index >= 15 is 0 Å². The minimum atomic E-state index is -0.764. The SMILES string of the molecule is CC(C)N(CCCO)C(=O)C1(C#N)CCC1. The second kappa shape index (κ2) is 5.31. The van der Waals surface area contributed by atoms with Gasteiger partial charge in [0, 0.05) is 19.2 Å². The number of aliphatic hydroxyl groups is 1. The highest BCUT2D eigenvalue weighted by molar-refractivity contribution is 5.86. The molecule has 1 amide bonds. The molecule has 0 atom stereocenters. The molecule has 0 unspecified atom stereocenters. The van der Waals surface area contributed by atoms with E-state index in [2.05, 4.69) is 6.07 Å². The van der Waals surface area contributed by atoms with E-state index in [1.165, 1.54) is 0 Å². The largest absolute Gasteiger partial charge is 0.396 e. The predicted molar refractivity (Wildman–Crippen MR) is 60.4 cm³/mol. The maximum absolute atomic E-state index is 12.2. The van der Waals surface area contributed by atoms with Crippen LogP contribution < -0.4 is 0 Å². The average molecular weight is 224 g/mol. The van der Waals surface area contributed by atoms with Crippen LogP contribution in [-0.2, 0) is 4.79 Å². The number of nitrogens with zero attached hydrogens (tertiary/aromatic N) is 2. The van der Waals surface area contributed by atoms with Gasteiger partial charge in [0.05, 0.1) is 6.07 Å². The van der Waals surface area contributed by atoms with Gasteiger partial charge in [-0.15, -0.1) is 0 Å². The molecule has 0 aliphatic heterocycles. The van der Waals surface area contributed by atoms with Crippen molar-refractivity contribution in [2.75, 3.05) is 13.2 Å². The van der Waals surface area contributed by atoms with Gasteiger partial charge in [0.1, 0.15) is 5.41 Å². The van der Waals surface area contributed by atoms with Crippen LogP contribution in [0.15, 0.2) is 0 Å². The van der Waals surface area contributed by atoms with Crippen LogP contribution in [0.1, 0.15) is 39.5 Å². The van der Waals surface area contributed by atoms with Crippen LogP contribution in [0.5, 0.6) is 0 Å². The molecule has 1 aliphatic carbocycles. The lowest BCUT2D eigenvalue weighted by atomic mass is 9.69. The summed E-state index contributed by atoms with van der Waals surface area (Å²) < 4.78 is 0. The topological polar surface area (TPSA) is 64.3 Å². The maximum Gasteiger partial charge on any atom is 0.243 e. The summed E-state index contributed by atoms with van der Waals surface area (Å²) in [6, 6.07) is 2.26. The molecule has 90 valence electrons. The first-order valence-corrected chi connectivity index (χ1v) is 5.90. The Morgan fingerprint density at radius 3 is 2.50 bits per heavy atom. The first-order chi connectivity index (χ1) is 7.57. The first kappa shape index (κ1) is 13.0. The van der Waals surface area contributed by atoms with Crippen molar-refractivity contribution in [1.29, 1.82) is 5.26 Å². The normalized spacial score (nSPS) is 17.7. The molecule has 0 aromatic heterocycles. The lowest BCUT2D eigenvalue weighted by molar-refractivity contribution is -0.145. The summed E-state index contributed by atoms with van der Waals surface area (Å²) in [6.07, 6.45) is 2.91. The molecular formula is C12H20N2O2. The van der Waals surface area contributed by atoms with Gasteiger partial charge in [-0.2, -0.15) is 5.26 Å². The average Bonchev–Trinajstić information content (AvgIpc) is 2.17. The molecule has 1 rings (SSSR count). The van der Waals surface area contributed by atoms with E-state index < -0.39 is 5.41 Å². The van der Waals surface area contributed by atoms with Crippen molar-refractivity contribution in [1.82, 2.24) is 4.90 Å². The Morgan fingerprint density at radius 2 is 2.19 bits per heavy atom. The van der Waals surface area contributed by atoms with E-state index in [1.807, 2.05) is 13.8 Å². The van der Waals surface area contributed by atoms with Crippen LogP contribution in [0.4, 0.5) is 0 Å². The van der Waals surface area contributed by atoms with E-state index in [-0.39, 0.29) is 18.6 Å². The molecular weight excluding hydrogens is 204 g/mol. The summed E-state index contributed by atoms with van der Waals surface area (Å²) in [5.41, 5.74) is -0.764. The number of amides is 1. The van der Waals surface area contributed by atoms with E-state index in [4.69, 9.17) is 10.4 Å². The molecule has 1 saturated carbocycles. The second-order valence-electron chi connectivity index (χ2n) is 4.72. The van der Waals surface area contributed by atoms with E-state index in [0.29, 0.717) is 25.8 Å². The summed E-state index contributed by atoms with van der Waals surface area (Å²) in [7, 11) is 0. The van der Waals surface area contributed by atoms with Crippen LogP contribution in [0.2, 0.25) is 0 Å². The number of carbonyl (C=O) groups is 1. The number of hydrogen-bond donors (Lipinski definition) is 1. The smallest absolute Gasteiger partial charge is 0.243 e. The number of nitriles is 1. The molecule has 1 fully saturated rings. The molecule has 0 heterocycles. The van der Waals surface area contributed by atoms with Gasteiger partial charge in [-0.25, -0.2) is 0 Å². The van der Waals surface area contributed by atoms with Crippen molar-refractivity contribution in [3.63, 3.8) is 0 Å². The molecule has 4 nitrogen and oxygen atoms in total. The number of hydrogen-bond acceptors (Lipinski definition) is 3. The highest BCUT2D eigenvalue weighted by Crippen LogP contribution is 2.42. The van der Waals surface area contributed by atoms with E-state index in [1.54, 1.807) is 4.90 Å². The molecule has 1 N–H and O–H groups in total. The van der Waals surface area contributed by atoms with Gasteiger partial charge in [-0.05, 0) is 39.5 Å². The summed E-state index contributed by atoms with van der Waals surface area (Å²) in [6.45, 7) is 4.50. The highest BCUT2D eigenvalue weighted by atomic mass is 16.3. The lowest BCUT2D eigenvalue weighted by Crippen LogP contribution is -2.50. The third-order valence-corrected chi connectivity index (χ3v) is 3.27. The van der Waals surface area contributed by atoms with Crippen LogP contribution >= 0.6 is 0 Å². The molecule has 0 radical (unpaired) electrons. The van der Waals surface area contributed by atoms with Crippen molar-refractivity contribution in [2.45, 2.75) is 45.6 Å². The van der Waals surface area contributed by atoms with E-state index in [0.717, 1.165) is 6.42 Å². The molecule has 0 saturated heterocycles. The van der Waals surface area contributed by atoms with Crippen molar-refractivity contribution in [3.05, 3.63) is 0 Å². The minimum Gasteiger partial charge on any atom is -0.396 e. The van der Waals surface area contributed by atoms with Crippen molar-refractivity contribution < 1.29 is 9.90 Å². The predicted octanol–water partition coefficient (Wildman–Crippen LogP) is 1.30. The molecule has 16 heavy (non-hydrogen) atoms. The first-order valence-electron chi connectivity index (χ1n) is 5.90. The Labute approximate surface area is 96.9 Å². The van der Waals surface area contributed by atoms with Crippen molar-refractivity contribution in [3.8, 4) is 6.07 Å². The quantitative estimate of drug-likeness (QED) is 0.765. The highest BCUT2D eigenvalue weighted by Gasteiger charge is 2.47. The van der Waals surface area contributed by atoms with Gasteiger partial charge in [0.2, 0.25) is 5.91 Å². The van der Waals surface area contributed by atoms with Crippen molar-refractivity contribution >= 4 is 5.91 Å². The standard InChI is InChI=1S/C12H20N2O2/c1-10(2)14(7-4-8-15)11(16)12(9-13)5-3-6-12/h10,15H,3-8H2,1-2H3. The Hall–Kier alpha value is -1.08. The van der Waals surface area contributed by atoms with Crippen LogP contribution in [0.3, 0.4) is 0 Å². The zero-order valence-electron chi connectivity index (χ0n) is 10.1. The lowest BCUT2D eigenvalue weighted by Gasteiger charge is -2.39. The van der Waals surface area contributed by atoms with Gasteiger partial charge in [-0.1, -0.05) is 0 Å². The Bertz CT molecular complexity index is 290. The zero-order chi connectivity index (χ0) is 12.2. The number of rotatable bonds is 5. The third kappa shape index (κ3) is 2.35. The summed E-state index contributed by atoms with van der Waals surface area (Å²) in [5, 5.41) is 17.9. The molecule has 0 bridgehead atoms. The zero-order valence-corrected chi connectivity index (χ0v) is 10.1. The summed E-state index contributed by atoms with van der Waals surface area (Å²) in [4.78, 5) is 14.0. The van der Waals surface area contributed by atoms with Crippen LogP contribution in [-0.4, -0.2) is 35.1 Å². The van der Waals surface area contributed by atoms with Gasteiger partial charge in [-0.3, -0.25) is 4.79 Å². The van der Waals surface area contributed by atoms with Crippen LogP contribution in [0, 0.1) is 16.7 Å². The Morgan fingerprint density at radius 1 is 1.56 bits per heavy atom. The monoisotopic (exact) mass is 224 g/mol. The molecule has 0 spiro atoms. The molecule has 4 heteroatoms. The van der Waals surface area contributed by atoms with Crippen molar-refractivity contribution in [2.24, 2.45) is 5.41 Å². The van der Waals surface area contributed by atoms with Gasteiger partial charge < -0.3 is 10.0 Å².